The number of nitrogens with one attached hydrogen (secondary N) is 2. The van der Waals surface area contributed by atoms with Gasteiger partial charge in [0.15, 0.2) is 0 Å². The third-order valence-electron chi connectivity index (χ3n) is 3.51. The average molecular weight is 476 g/mol. The van der Waals surface area contributed by atoms with E-state index in [1.165, 1.54) is 11.8 Å². The highest BCUT2D eigenvalue weighted by Gasteiger charge is 2.08. The summed E-state index contributed by atoms with van der Waals surface area (Å²) >= 11 is 3.55. The Kier molecular flexibility index (Phi) is 6.45. The number of carbonyl (C=O) groups is 1. The molecule has 0 unspecified atom stereocenters. The smallest absolute Gasteiger partial charge is 0.234 e. The van der Waals surface area contributed by atoms with Crippen LogP contribution >= 0.6 is 34.4 Å². The second kappa shape index (κ2) is 9.00. The SMILES string of the molecule is Cc1cc(I)ccc1NC(=O)CSc1n[nH]c(C=Cc2ccccc2)n1. The molecule has 0 saturated heterocycles. The fourth-order valence-electron chi connectivity index (χ4n) is 2.22. The maximum atomic E-state index is 12.1. The second-order valence-electron chi connectivity index (χ2n) is 5.54. The van der Waals surface area contributed by atoms with E-state index in [1.807, 2.05) is 67.6 Å². The standard InChI is InChI=1S/C19H17IN4OS/c1-13-11-15(20)8-9-16(13)21-18(25)12-26-19-22-17(23-24-19)10-7-14-5-3-2-4-6-14/h2-11H,12H2,1H3,(H,21,25)(H,22,23,24). The number of benzene rings is 2. The van der Waals surface area contributed by atoms with Crippen molar-refractivity contribution in [2.24, 2.45) is 0 Å². The lowest BCUT2D eigenvalue weighted by molar-refractivity contribution is -0.113. The van der Waals surface area contributed by atoms with Crippen LogP contribution in [0.1, 0.15) is 17.0 Å². The number of rotatable bonds is 6. The molecule has 0 saturated carbocycles. The maximum Gasteiger partial charge on any atom is 0.234 e. The molecule has 7 heteroatoms. The van der Waals surface area contributed by atoms with Crippen molar-refractivity contribution in [1.82, 2.24) is 15.2 Å². The van der Waals surface area contributed by atoms with Gasteiger partial charge in [0.1, 0.15) is 5.82 Å². The van der Waals surface area contributed by atoms with Crippen LogP contribution in [0.2, 0.25) is 0 Å². The first-order chi connectivity index (χ1) is 12.6. The topological polar surface area (TPSA) is 70.7 Å². The summed E-state index contributed by atoms with van der Waals surface area (Å²) in [6.45, 7) is 1.98. The lowest BCUT2D eigenvalue weighted by Crippen LogP contribution is -2.15. The molecule has 2 N–H and O–H groups in total. The molecule has 1 aromatic heterocycles. The van der Waals surface area contributed by atoms with Gasteiger partial charge < -0.3 is 5.32 Å². The summed E-state index contributed by atoms with van der Waals surface area (Å²) in [6.07, 6.45) is 3.82. The Labute approximate surface area is 169 Å². The minimum atomic E-state index is -0.0783. The zero-order valence-corrected chi connectivity index (χ0v) is 17.0. The Balaban J connectivity index is 1.53. The lowest BCUT2D eigenvalue weighted by atomic mass is 10.2. The van der Waals surface area contributed by atoms with Gasteiger partial charge in [-0.1, -0.05) is 48.2 Å². The van der Waals surface area contributed by atoms with Crippen LogP contribution in [0, 0.1) is 10.5 Å². The predicted octanol–water partition coefficient (Wildman–Crippen LogP) is 4.62. The number of nitrogens with zero attached hydrogens (tertiary/aromatic N) is 2. The van der Waals surface area contributed by atoms with E-state index in [0.29, 0.717) is 11.0 Å². The highest BCUT2D eigenvalue weighted by molar-refractivity contribution is 14.1. The second-order valence-corrected chi connectivity index (χ2v) is 7.73. The molecule has 0 aliphatic rings. The number of hydrogen-bond donors (Lipinski definition) is 2. The van der Waals surface area contributed by atoms with Crippen LogP contribution in [-0.2, 0) is 4.79 Å². The molecule has 3 aromatic rings. The summed E-state index contributed by atoms with van der Waals surface area (Å²) < 4.78 is 1.14. The van der Waals surface area contributed by atoms with Crippen LogP contribution in [0.5, 0.6) is 0 Å². The van der Waals surface area contributed by atoms with E-state index < -0.39 is 0 Å². The number of thioether (sulfide) groups is 1. The zero-order valence-electron chi connectivity index (χ0n) is 14.1. The predicted molar refractivity (Wildman–Crippen MR) is 115 cm³/mol. The fraction of sp³-hybridized carbons (Fsp3) is 0.105. The first kappa shape index (κ1) is 18.7. The van der Waals surface area contributed by atoms with Crippen molar-refractivity contribution in [1.29, 1.82) is 0 Å². The lowest BCUT2D eigenvalue weighted by Gasteiger charge is -2.07. The molecular formula is C19H17IN4OS. The number of H-pyrrole nitrogens is 1. The van der Waals surface area contributed by atoms with Gasteiger partial charge in [-0.25, -0.2) is 4.98 Å². The summed E-state index contributed by atoms with van der Waals surface area (Å²) in [5.74, 6) is 0.834. The van der Waals surface area contributed by atoms with Crippen LogP contribution < -0.4 is 5.32 Å². The van der Waals surface area contributed by atoms with Crippen LogP contribution in [0.3, 0.4) is 0 Å². The molecule has 2 aromatic carbocycles. The summed E-state index contributed by atoms with van der Waals surface area (Å²) in [4.78, 5) is 16.5. The average Bonchev–Trinajstić information content (AvgIpc) is 3.09. The molecule has 0 radical (unpaired) electrons. The van der Waals surface area contributed by atoms with Crippen molar-refractivity contribution in [3.63, 3.8) is 0 Å². The Morgan fingerprint density at radius 2 is 2.04 bits per heavy atom. The van der Waals surface area contributed by atoms with E-state index >= 15 is 0 Å². The molecule has 0 fully saturated rings. The highest BCUT2D eigenvalue weighted by atomic mass is 127. The third-order valence-corrected chi connectivity index (χ3v) is 5.03. The quantitative estimate of drug-likeness (QED) is 0.403. The summed E-state index contributed by atoms with van der Waals surface area (Å²) in [6, 6.07) is 15.9. The van der Waals surface area contributed by atoms with Crippen molar-refractivity contribution in [3.05, 3.63) is 69.1 Å². The van der Waals surface area contributed by atoms with E-state index in [9.17, 15) is 4.79 Å². The number of halogens is 1. The minimum absolute atomic E-state index is 0.0783. The molecule has 0 aliphatic carbocycles. The summed E-state index contributed by atoms with van der Waals surface area (Å²) in [7, 11) is 0. The van der Waals surface area contributed by atoms with Crippen molar-refractivity contribution >= 4 is 58.1 Å². The molecule has 1 heterocycles. The molecule has 0 bridgehead atoms. The number of aryl methyl sites for hydroxylation is 1. The van der Waals surface area contributed by atoms with Crippen LogP contribution in [0.4, 0.5) is 5.69 Å². The van der Waals surface area contributed by atoms with Gasteiger partial charge in [-0.15, -0.1) is 5.10 Å². The fourth-order valence-corrected chi connectivity index (χ4v) is 3.47. The molecule has 26 heavy (non-hydrogen) atoms. The van der Waals surface area contributed by atoms with Gasteiger partial charge in [0, 0.05) is 9.26 Å². The monoisotopic (exact) mass is 476 g/mol. The number of aromatic amines is 1. The van der Waals surface area contributed by atoms with Crippen LogP contribution in [0.25, 0.3) is 12.2 Å². The summed E-state index contributed by atoms with van der Waals surface area (Å²) in [5.41, 5.74) is 2.96. The van der Waals surface area contributed by atoms with Crippen LogP contribution in [-0.4, -0.2) is 26.8 Å². The Hall–Kier alpha value is -2.13. The normalized spacial score (nSPS) is 11.0. The van der Waals surface area contributed by atoms with E-state index in [4.69, 9.17) is 0 Å². The molecule has 132 valence electrons. The molecule has 1 amide bonds. The van der Waals surface area contributed by atoms with Crippen LogP contribution in [0.15, 0.2) is 53.7 Å². The van der Waals surface area contributed by atoms with Gasteiger partial charge in [0.25, 0.3) is 0 Å². The Bertz CT molecular complexity index is 924. The van der Waals surface area contributed by atoms with Gasteiger partial charge in [-0.05, 0) is 64.9 Å². The largest absolute Gasteiger partial charge is 0.325 e. The molecular weight excluding hydrogens is 459 g/mol. The third kappa shape index (κ3) is 5.43. The zero-order chi connectivity index (χ0) is 18.4. The molecule has 0 atom stereocenters. The van der Waals surface area contributed by atoms with Crippen molar-refractivity contribution < 1.29 is 4.79 Å². The van der Waals surface area contributed by atoms with Crippen molar-refractivity contribution in [2.45, 2.75) is 12.1 Å². The van der Waals surface area contributed by atoms with Gasteiger partial charge >= 0.3 is 0 Å². The molecule has 5 nitrogen and oxygen atoms in total. The minimum Gasteiger partial charge on any atom is -0.325 e. The van der Waals surface area contributed by atoms with E-state index in [2.05, 4.69) is 43.1 Å². The number of amides is 1. The molecule has 0 aliphatic heterocycles. The first-order valence-corrected chi connectivity index (χ1v) is 10.0. The van der Waals surface area contributed by atoms with Crippen molar-refractivity contribution in [3.8, 4) is 0 Å². The first-order valence-electron chi connectivity index (χ1n) is 7.94. The maximum absolute atomic E-state index is 12.1. The molecule has 0 spiro atoms. The number of carbonyl (C=O) groups excluding carboxylic acids is 1. The van der Waals surface area contributed by atoms with Crippen molar-refractivity contribution in [2.75, 3.05) is 11.1 Å². The van der Waals surface area contributed by atoms with Gasteiger partial charge in [-0.2, -0.15) is 0 Å². The van der Waals surface area contributed by atoms with Gasteiger partial charge in [0.05, 0.1) is 5.75 Å². The number of hydrogen-bond acceptors (Lipinski definition) is 4. The summed E-state index contributed by atoms with van der Waals surface area (Å²) in [5, 5.41) is 10.5. The van der Waals surface area contributed by atoms with Gasteiger partial charge in [-0.3, -0.25) is 9.89 Å². The van der Waals surface area contributed by atoms with E-state index in [0.717, 1.165) is 20.4 Å². The highest BCUT2D eigenvalue weighted by Crippen LogP contribution is 2.19. The molecule has 3 rings (SSSR count). The Morgan fingerprint density at radius 3 is 2.81 bits per heavy atom. The Morgan fingerprint density at radius 1 is 1.23 bits per heavy atom. The number of aromatic nitrogens is 3. The number of anilines is 1. The van der Waals surface area contributed by atoms with E-state index in [-0.39, 0.29) is 11.7 Å². The van der Waals surface area contributed by atoms with Gasteiger partial charge in [0.2, 0.25) is 11.1 Å². The van der Waals surface area contributed by atoms with E-state index in [1.54, 1.807) is 0 Å².